The van der Waals surface area contributed by atoms with Gasteiger partial charge in [0.05, 0.1) is 0 Å². The van der Waals surface area contributed by atoms with Crippen molar-refractivity contribution in [1.29, 1.82) is 0 Å². The van der Waals surface area contributed by atoms with E-state index in [9.17, 15) is 13.2 Å². The van der Waals surface area contributed by atoms with E-state index in [0.29, 0.717) is 19.4 Å². The Balaban J connectivity index is 2.72. The van der Waals surface area contributed by atoms with Crippen LogP contribution in [-0.4, -0.2) is 18.3 Å². The third-order valence-corrected chi connectivity index (χ3v) is 2.46. The minimum absolute atomic E-state index is 0.205. The SMILES string of the molecule is CCCC1(C(F)(F)F)CCCN1. The minimum Gasteiger partial charge on any atom is -0.304 e. The number of rotatable bonds is 2. The van der Waals surface area contributed by atoms with Gasteiger partial charge >= 0.3 is 6.18 Å². The molecule has 1 rings (SSSR count). The van der Waals surface area contributed by atoms with Crippen LogP contribution in [0.3, 0.4) is 0 Å². The van der Waals surface area contributed by atoms with E-state index >= 15 is 0 Å². The smallest absolute Gasteiger partial charge is 0.304 e. The normalized spacial score (nSPS) is 31.0. The summed E-state index contributed by atoms with van der Waals surface area (Å²) in [5.74, 6) is 0. The molecule has 0 radical (unpaired) electrons. The molecule has 0 aromatic carbocycles. The van der Waals surface area contributed by atoms with Crippen LogP contribution in [0, 0.1) is 0 Å². The van der Waals surface area contributed by atoms with Crippen LogP contribution < -0.4 is 5.32 Å². The molecule has 1 aliphatic rings. The Labute approximate surface area is 70.3 Å². The van der Waals surface area contributed by atoms with Crippen LogP contribution in [-0.2, 0) is 0 Å². The van der Waals surface area contributed by atoms with Crippen molar-refractivity contribution in [3.63, 3.8) is 0 Å². The van der Waals surface area contributed by atoms with Gasteiger partial charge in [0.25, 0.3) is 0 Å². The second-order valence-corrected chi connectivity index (χ2v) is 3.36. The minimum atomic E-state index is -4.08. The summed E-state index contributed by atoms with van der Waals surface area (Å²) in [6.07, 6.45) is -2.42. The molecule has 0 aromatic heterocycles. The van der Waals surface area contributed by atoms with Crippen molar-refractivity contribution >= 4 is 0 Å². The first-order valence-corrected chi connectivity index (χ1v) is 4.33. The summed E-state index contributed by atoms with van der Waals surface area (Å²) in [5, 5.41) is 2.59. The summed E-state index contributed by atoms with van der Waals surface area (Å²) in [5.41, 5.74) is -1.57. The summed E-state index contributed by atoms with van der Waals surface area (Å²) in [4.78, 5) is 0. The molecule has 0 aromatic rings. The zero-order valence-corrected chi connectivity index (χ0v) is 7.17. The lowest BCUT2D eigenvalue weighted by atomic mass is 9.91. The zero-order valence-electron chi connectivity index (χ0n) is 7.17. The van der Waals surface area contributed by atoms with Gasteiger partial charge in [-0.1, -0.05) is 13.3 Å². The van der Waals surface area contributed by atoms with Gasteiger partial charge in [0.15, 0.2) is 0 Å². The van der Waals surface area contributed by atoms with E-state index < -0.39 is 11.7 Å². The second-order valence-electron chi connectivity index (χ2n) is 3.36. The predicted octanol–water partition coefficient (Wildman–Crippen LogP) is 2.47. The summed E-state index contributed by atoms with van der Waals surface area (Å²) in [7, 11) is 0. The van der Waals surface area contributed by atoms with Crippen LogP contribution in [0.4, 0.5) is 13.2 Å². The molecule has 0 bridgehead atoms. The van der Waals surface area contributed by atoms with Crippen molar-refractivity contribution in [2.24, 2.45) is 0 Å². The van der Waals surface area contributed by atoms with Gasteiger partial charge in [-0.15, -0.1) is 0 Å². The Bertz CT molecular complexity index is 147. The molecular weight excluding hydrogens is 167 g/mol. The number of hydrogen-bond acceptors (Lipinski definition) is 1. The summed E-state index contributed by atoms with van der Waals surface area (Å²) in [6.45, 7) is 2.28. The highest BCUT2D eigenvalue weighted by Crippen LogP contribution is 2.40. The van der Waals surface area contributed by atoms with Crippen molar-refractivity contribution in [3.05, 3.63) is 0 Å². The van der Waals surface area contributed by atoms with Gasteiger partial charge in [-0.05, 0) is 25.8 Å². The average molecular weight is 181 g/mol. The molecule has 0 amide bonds. The molecule has 0 spiro atoms. The summed E-state index contributed by atoms with van der Waals surface area (Å²) >= 11 is 0. The number of alkyl halides is 3. The number of hydrogen-bond donors (Lipinski definition) is 1. The molecule has 1 atom stereocenters. The van der Waals surface area contributed by atoms with Crippen LogP contribution in [0.2, 0.25) is 0 Å². The molecule has 1 unspecified atom stereocenters. The third-order valence-electron chi connectivity index (χ3n) is 2.46. The zero-order chi connectivity index (χ0) is 9.24. The molecule has 1 fully saturated rings. The van der Waals surface area contributed by atoms with E-state index in [4.69, 9.17) is 0 Å². The van der Waals surface area contributed by atoms with E-state index in [-0.39, 0.29) is 12.8 Å². The molecule has 1 heterocycles. The van der Waals surface area contributed by atoms with E-state index in [1.807, 2.05) is 0 Å². The highest BCUT2D eigenvalue weighted by atomic mass is 19.4. The van der Waals surface area contributed by atoms with Crippen molar-refractivity contribution in [2.75, 3.05) is 6.54 Å². The fourth-order valence-corrected chi connectivity index (χ4v) is 1.83. The lowest BCUT2D eigenvalue weighted by molar-refractivity contribution is -0.194. The van der Waals surface area contributed by atoms with E-state index in [2.05, 4.69) is 5.32 Å². The van der Waals surface area contributed by atoms with Gasteiger partial charge in [0, 0.05) is 0 Å². The van der Waals surface area contributed by atoms with Crippen LogP contribution in [0.25, 0.3) is 0 Å². The van der Waals surface area contributed by atoms with Crippen LogP contribution in [0.5, 0.6) is 0 Å². The van der Waals surface area contributed by atoms with E-state index in [1.54, 1.807) is 6.92 Å². The molecule has 12 heavy (non-hydrogen) atoms. The predicted molar refractivity (Wildman–Crippen MR) is 40.9 cm³/mol. The Morgan fingerprint density at radius 1 is 1.42 bits per heavy atom. The van der Waals surface area contributed by atoms with E-state index in [1.165, 1.54) is 0 Å². The van der Waals surface area contributed by atoms with Crippen molar-refractivity contribution < 1.29 is 13.2 Å². The van der Waals surface area contributed by atoms with Crippen molar-refractivity contribution in [2.45, 2.75) is 44.3 Å². The van der Waals surface area contributed by atoms with Crippen LogP contribution in [0.15, 0.2) is 0 Å². The molecule has 1 nitrogen and oxygen atoms in total. The van der Waals surface area contributed by atoms with Crippen LogP contribution >= 0.6 is 0 Å². The van der Waals surface area contributed by atoms with Gasteiger partial charge in [0.1, 0.15) is 5.54 Å². The third kappa shape index (κ3) is 1.58. The molecule has 1 aliphatic heterocycles. The average Bonchev–Trinajstić information content (AvgIpc) is 2.36. The van der Waals surface area contributed by atoms with Crippen LogP contribution in [0.1, 0.15) is 32.6 Å². The number of nitrogens with one attached hydrogen (secondary N) is 1. The van der Waals surface area contributed by atoms with Gasteiger partial charge in [-0.3, -0.25) is 0 Å². The highest BCUT2D eigenvalue weighted by Gasteiger charge is 2.54. The Morgan fingerprint density at radius 3 is 2.42 bits per heavy atom. The van der Waals surface area contributed by atoms with Gasteiger partial charge in [-0.25, -0.2) is 0 Å². The molecule has 72 valence electrons. The lowest BCUT2D eigenvalue weighted by Gasteiger charge is -2.31. The lowest BCUT2D eigenvalue weighted by Crippen LogP contribution is -2.52. The highest BCUT2D eigenvalue weighted by molar-refractivity contribution is 4.98. The first kappa shape index (κ1) is 9.84. The van der Waals surface area contributed by atoms with Gasteiger partial charge < -0.3 is 5.32 Å². The molecule has 0 aliphatic carbocycles. The van der Waals surface area contributed by atoms with Crippen molar-refractivity contribution in [3.8, 4) is 0 Å². The Morgan fingerprint density at radius 2 is 2.08 bits per heavy atom. The molecule has 4 heteroatoms. The topological polar surface area (TPSA) is 12.0 Å². The monoisotopic (exact) mass is 181 g/mol. The standard InChI is InChI=1S/C8H14F3N/c1-2-4-7(8(9,10)11)5-3-6-12-7/h12H,2-6H2,1H3. The first-order chi connectivity index (χ1) is 5.52. The van der Waals surface area contributed by atoms with Crippen molar-refractivity contribution in [1.82, 2.24) is 5.32 Å². The Kier molecular flexibility index (Phi) is 2.66. The molecule has 1 N–H and O–H groups in total. The second kappa shape index (κ2) is 3.24. The maximum atomic E-state index is 12.5. The first-order valence-electron chi connectivity index (χ1n) is 4.33. The largest absolute Gasteiger partial charge is 0.406 e. The fourth-order valence-electron chi connectivity index (χ4n) is 1.83. The summed E-state index contributed by atoms with van der Waals surface area (Å²) in [6, 6.07) is 0. The molecular formula is C8H14F3N. The maximum absolute atomic E-state index is 12.5. The summed E-state index contributed by atoms with van der Waals surface area (Å²) < 4.78 is 37.6. The maximum Gasteiger partial charge on any atom is 0.406 e. The molecule has 0 saturated carbocycles. The quantitative estimate of drug-likeness (QED) is 0.690. The van der Waals surface area contributed by atoms with Gasteiger partial charge in [0.2, 0.25) is 0 Å². The Hall–Kier alpha value is -0.250. The van der Waals surface area contributed by atoms with Gasteiger partial charge in [-0.2, -0.15) is 13.2 Å². The van der Waals surface area contributed by atoms with E-state index in [0.717, 1.165) is 0 Å². The molecule has 1 saturated heterocycles. The fraction of sp³-hybridized carbons (Fsp3) is 1.00. The number of halogens is 3.